The minimum atomic E-state index is -0.0578. The largest absolute Gasteiger partial charge is 0.350 e. The van der Waals surface area contributed by atoms with Gasteiger partial charge in [-0.05, 0) is 58.0 Å². The van der Waals surface area contributed by atoms with E-state index in [9.17, 15) is 4.79 Å². The number of benzene rings is 1. The first-order valence-electron chi connectivity index (χ1n) is 7.28. The Kier molecular flexibility index (Phi) is 5.06. The lowest BCUT2D eigenvalue weighted by molar-refractivity contribution is 0.0797. The van der Waals surface area contributed by atoms with Crippen LogP contribution in [0.1, 0.15) is 43.5 Å². The van der Waals surface area contributed by atoms with E-state index >= 15 is 0 Å². The molecule has 1 fully saturated rings. The Labute approximate surface area is 126 Å². The van der Waals surface area contributed by atoms with Gasteiger partial charge < -0.3 is 5.32 Å². The van der Waals surface area contributed by atoms with Crippen LogP contribution >= 0.6 is 11.6 Å². The number of nitrogens with zero attached hydrogens (tertiary/aromatic N) is 1. The first kappa shape index (κ1) is 15.3. The van der Waals surface area contributed by atoms with E-state index in [1.54, 1.807) is 24.3 Å². The molecule has 1 aliphatic rings. The second-order valence-electron chi connectivity index (χ2n) is 6.05. The number of rotatable bonds is 4. The number of hydrogen-bond donors (Lipinski definition) is 1. The van der Waals surface area contributed by atoms with Crippen molar-refractivity contribution in [1.29, 1.82) is 0 Å². The van der Waals surface area contributed by atoms with Crippen LogP contribution in [0.25, 0.3) is 0 Å². The molecule has 4 heteroatoms. The van der Waals surface area contributed by atoms with Crippen molar-refractivity contribution in [3.8, 4) is 0 Å². The van der Waals surface area contributed by atoms with E-state index in [0.717, 1.165) is 13.1 Å². The average molecular weight is 295 g/mol. The molecule has 1 saturated heterocycles. The molecule has 1 amide bonds. The number of piperidine rings is 1. The van der Waals surface area contributed by atoms with Crippen LogP contribution < -0.4 is 5.32 Å². The zero-order valence-electron chi connectivity index (χ0n) is 12.3. The SMILES string of the molecule is CC(C)(CNC(=O)c1cccc(Cl)c1)N1CCCCC1. The maximum atomic E-state index is 12.1. The lowest BCUT2D eigenvalue weighted by atomic mass is 9.98. The smallest absolute Gasteiger partial charge is 0.251 e. The van der Waals surface area contributed by atoms with Crippen LogP contribution in [0, 0.1) is 0 Å². The zero-order valence-corrected chi connectivity index (χ0v) is 13.0. The predicted molar refractivity (Wildman–Crippen MR) is 83.3 cm³/mol. The summed E-state index contributed by atoms with van der Waals surface area (Å²) in [5.41, 5.74) is 0.612. The van der Waals surface area contributed by atoms with Gasteiger partial charge in [-0.15, -0.1) is 0 Å². The second kappa shape index (κ2) is 6.59. The molecule has 0 bridgehead atoms. The van der Waals surface area contributed by atoms with E-state index in [1.807, 2.05) is 0 Å². The Balaban J connectivity index is 1.91. The maximum Gasteiger partial charge on any atom is 0.251 e. The average Bonchev–Trinajstić information content (AvgIpc) is 2.46. The van der Waals surface area contributed by atoms with Gasteiger partial charge in [-0.1, -0.05) is 24.1 Å². The van der Waals surface area contributed by atoms with Crippen molar-refractivity contribution in [2.75, 3.05) is 19.6 Å². The molecule has 1 aromatic carbocycles. The first-order chi connectivity index (χ1) is 9.49. The van der Waals surface area contributed by atoms with Gasteiger partial charge >= 0.3 is 0 Å². The molecule has 0 aromatic heterocycles. The number of hydrogen-bond acceptors (Lipinski definition) is 2. The summed E-state index contributed by atoms with van der Waals surface area (Å²) in [5.74, 6) is -0.0578. The Morgan fingerprint density at radius 2 is 2.00 bits per heavy atom. The molecule has 0 atom stereocenters. The number of halogens is 1. The summed E-state index contributed by atoms with van der Waals surface area (Å²) in [6.07, 6.45) is 3.83. The molecule has 0 aliphatic carbocycles. The van der Waals surface area contributed by atoms with Crippen LogP contribution in [0.2, 0.25) is 5.02 Å². The van der Waals surface area contributed by atoms with Gasteiger partial charge in [0.15, 0.2) is 0 Å². The van der Waals surface area contributed by atoms with Crippen LogP contribution in [0.4, 0.5) is 0 Å². The third kappa shape index (κ3) is 3.97. The number of amides is 1. The minimum absolute atomic E-state index is 0.00530. The quantitative estimate of drug-likeness (QED) is 0.924. The molecular formula is C16H23ClN2O. The van der Waals surface area contributed by atoms with Gasteiger partial charge in [-0.3, -0.25) is 9.69 Å². The Bertz CT molecular complexity index is 467. The van der Waals surface area contributed by atoms with Gasteiger partial charge in [0.25, 0.3) is 5.91 Å². The number of carbonyl (C=O) groups excluding carboxylic acids is 1. The van der Waals surface area contributed by atoms with Gasteiger partial charge in [0.1, 0.15) is 0 Å². The Morgan fingerprint density at radius 1 is 1.30 bits per heavy atom. The van der Waals surface area contributed by atoms with E-state index in [4.69, 9.17) is 11.6 Å². The topological polar surface area (TPSA) is 32.3 Å². The fourth-order valence-corrected chi connectivity index (χ4v) is 2.83. The summed E-state index contributed by atoms with van der Waals surface area (Å²) in [5, 5.41) is 3.62. The highest BCUT2D eigenvalue weighted by Crippen LogP contribution is 2.20. The van der Waals surface area contributed by atoms with Crippen molar-refractivity contribution in [3.63, 3.8) is 0 Å². The van der Waals surface area contributed by atoms with Crippen LogP contribution in [0.3, 0.4) is 0 Å². The standard InChI is InChI=1S/C16H23ClN2O/c1-16(2,19-9-4-3-5-10-19)12-18-15(20)13-7-6-8-14(17)11-13/h6-8,11H,3-5,9-10,12H2,1-2H3,(H,18,20). The van der Waals surface area contributed by atoms with E-state index in [1.165, 1.54) is 19.3 Å². The summed E-state index contributed by atoms with van der Waals surface area (Å²) in [7, 11) is 0. The van der Waals surface area contributed by atoms with Crippen molar-refractivity contribution in [2.45, 2.75) is 38.6 Å². The lowest BCUT2D eigenvalue weighted by Crippen LogP contribution is -2.53. The maximum absolute atomic E-state index is 12.1. The number of likely N-dealkylation sites (tertiary alicyclic amines) is 1. The van der Waals surface area contributed by atoms with Gasteiger partial charge in [0.05, 0.1) is 0 Å². The van der Waals surface area contributed by atoms with E-state index in [0.29, 0.717) is 17.1 Å². The molecule has 0 saturated carbocycles. The highest BCUT2D eigenvalue weighted by molar-refractivity contribution is 6.30. The third-order valence-electron chi connectivity index (χ3n) is 3.98. The molecule has 0 unspecified atom stereocenters. The van der Waals surface area contributed by atoms with Crippen molar-refractivity contribution < 1.29 is 4.79 Å². The fraction of sp³-hybridized carbons (Fsp3) is 0.562. The van der Waals surface area contributed by atoms with Crippen molar-refractivity contribution >= 4 is 17.5 Å². The molecule has 0 spiro atoms. The van der Waals surface area contributed by atoms with Crippen molar-refractivity contribution in [3.05, 3.63) is 34.9 Å². The van der Waals surface area contributed by atoms with E-state index in [-0.39, 0.29) is 11.4 Å². The molecule has 110 valence electrons. The minimum Gasteiger partial charge on any atom is -0.350 e. The summed E-state index contributed by atoms with van der Waals surface area (Å²) in [4.78, 5) is 14.6. The molecule has 2 rings (SSSR count). The normalized spacial score (nSPS) is 16.9. The van der Waals surface area contributed by atoms with Crippen LogP contribution in [0.5, 0.6) is 0 Å². The molecular weight excluding hydrogens is 272 g/mol. The van der Waals surface area contributed by atoms with Gasteiger partial charge in [-0.25, -0.2) is 0 Å². The Hall–Kier alpha value is -1.06. The first-order valence-corrected chi connectivity index (χ1v) is 7.66. The number of carbonyl (C=O) groups is 1. The van der Waals surface area contributed by atoms with Crippen molar-refractivity contribution in [1.82, 2.24) is 10.2 Å². The summed E-state index contributed by atoms with van der Waals surface area (Å²) >= 11 is 5.91. The Morgan fingerprint density at radius 3 is 2.65 bits per heavy atom. The van der Waals surface area contributed by atoms with E-state index in [2.05, 4.69) is 24.1 Å². The molecule has 1 aromatic rings. The van der Waals surface area contributed by atoms with E-state index < -0.39 is 0 Å². The molecule has 0 radical (unpaired) electrons. The molecule has 1 aliphatic heterocycles. The van der Waals surface area contributed by atoms with Gasteiger partial charge in [-0.2, -0.15) is 0 Å². The van der Waals surface area contributed by atoms with Crippen molar-refractivity contribution in [2.24, 2.45) is 0 Å². The van der Waals surface area contributed by atoms with Crippen LogP contribution in [0.15, 0.2) is 24.3 Å². The van der Waals surface area contributed by atoms with Crippen LogP contribution in [-0.4, -0.2) is 36.0 Å². The highest BCUT2D eigenvalue weighted by Gasteiger charge is 2.28. The lowest BCUT2D eigenvalue weighted by Gasteiger charge is -2.41. The summed E-state index contributed by atoms with van der Waals surface area (Å²) in [6, 6.07) is 7.06. The monoisotopic (exact) mass is 294 g/mol. The third-order valence-corrected chi connectivity index (χ3v) is 4.22. The molecule has 1 N–H and O–H groups in total. The summed E-state index contributed by atoms with van der Waals surface area (Å²) in [6.45, 7) is 7.28. The molecule has 1 heterocycles. The second-order valence-corrected chi connectivity index (χ2v) is 6.49. The molecule has 3 nitrogen and oxygen atoms in total. The zero-order chi connectivity index (χ0) is 14.6. The van der Waals surface area contributed by atoms with Crippen LogP contribution in [-0.2, 0) is 0 Å². The predicted octanol–water partition coefficient (Wildman–Crippen LogP) is 3.33. The highest BCUT2D eigenvalue weighted by atomic mass is 35.5. The fourth-order valence-electron chi connectivity index (χ4n) is 2.64. The number of nitrogens with one attached hydrogen (secondary N) is 1. The van der Waals surface area contributed by atoms with Gasteiger partial charge in [0.2, 0.25) is 0 Å². The van der Waals surface area contributed by atoms with Gasteiger partial charge in [0, 0.05) is 22.7 Å². The molecule has 20 heavy (non-hydrogen) atoms. The summed E-state index contributed by atoms with van der Waals surface area (Å²) < 4.78 is 0.